The van der Waals surface area contributed by atoms with Crippen LogP contribution in [-0.2, 0) is 0 Å². The number of nitrogens with zero attached hydrogens (tertiary/aromatic N) is 1. The minimum Gasteiger partial charge on any atom is -0.493 e. The van der Waals surface area contributed by atoms with Crippen molar-refractivity contribution in [2.45, 2.75) is 27.2 Å². The van der Waals surface area contributed by atoms with Crippen molar-refractivity contribution >= 4 is 0 Å². The molecule has 0 radical (unpaired) electrons. The van der Waals surface area contributed by atoms with E-state index in [1.165, 1.54) is 29.8 Å². The summed E-state index contributed by atoms with van der Waals surface area (Å²) in [6, 6.07) is 4.39. The summed E-state index contributed by atoms with van der Waals surface area (Å²) in [7, 11) is 0. The van der Waals surface area contributed by atoms with Crippen molar-refractivity contribution in [1.82, 2.24) is 10.2 Å². The van der Waals surface area contributed by atoms with Crippen molar-refractivity contribution in [3.8, 4) is 5.75 Å². The summed E-state index contributed by atoms with van der Waals surface area (Å²) < 4.78 is 5.97. The van der Waals surface area contributed by atoms with Gasteiger partial charge in [0, 0.05) is 32.7 Å². The van der Waals surface area contributed by atoms with E-state index in [2.05, 4.69) is 43.1 Å². The number of nitrogens with one attached hydrogen (secondary N) is 1. The van der Waals surface area contributed by atoms with Gasteiger partial charge in [0.25, 0.3) is 0 Å². The number of piperazine rings is 1. The smallest absolute Gasteiger partial charge is 0.125 e. The van der Waals surface area contributed by atoms with Crippen molar-refractivity contribution in [3.63, 3.8) is 0 Å². The van der Waals surface area contributed by atoms with Crippen molar-refractivity contribution in [2.24, 2.45) is 0 Å². The number of hydrogen-bond donors (Lipinski definition) is 1. The molecule has 0 aliphatic carbocycles. The van der Waals surface area contributed by atoms with Crippen LogP contribution < -0.4 is 10.1 Å². The van der Waals surface area contributed by atoms with Gasteiger partial charge in [0.15, 0.2) is 0 Å². The van der Waals surface area contributed by atoms with Crippen LogP contribution in [0.25, 0.3) is 0 Å². The molecule has 1 heterocycles. The highest BCUT2D eigenvalue weighted by Gasteiger charge is 2.09. The molecule has 1 fully saturated rings. The van der Waals surface area contributed by atoms with Crippen molar-refractivity contribution in [1.29, 1.82) is 0 Å². The normalized spacial score (nSPS) is 16.6. The van der Waals surface area contributed by atoms with Gasteiger partial charge in [0.2, 0.25) is 0 Å². The molecule has 0 atom stereocenters. The zero-order chi connectivity index (χ0) is 13.7. The molecule has 0 spiro atoms. The fourth-order valence-corrected chi connectivity index (χ4v) is 2.79. The minimum absolute atomic E-state index is 0.814. The van der Waals surface area contributed by atoms with Crippen molar-refractivity contribution < 1.29 is 4.74 Å². The van der Waals surface area contributed by atoms with E-state index in [-0.39, 0.29) is 0 Å². The third-order valence-corrected chi connectivity index (χ3v) is 3.68. The van der Waals surface area contributed by atoms with Crippen LogP contribution in [-0.4, -0.2) is 44.2 Å². The van der Waals surface area contributed by atoms with Crippen molar-refractivity contribution in [2.75, 3.05) is 39.3 Å². The first kappa shape index (κ1) is 14.4. The number of rotatable bonds is 5. The third kappa shape index (κ3) is 4.22. The summed E-state index contributed by atoms with van der Waals surface area (Å²) in [5.41, 5.74) is 3.81. The Morgan fingerprint density at radius 1 is 1.11 bits per heavy atom. The molecule has 0 aromatic heterocycles. The van der Waals surface area contributed by atoms with E-state index in [9.17, 15) is 0 Å². The van der Waals surface area contributed by atoms with Gasteiger partial charge >= 0.3 is 0 Å². The molecule has 1 aliphatic rings. The Morgan fingerprint density at radius 2 is 1.74 bits per heavy atom. The lowest BCUT2D eigenvalue weighted by atomic mass is 10.1. The third-order valence-electron chi connectivity index (χ3n) is 3.68. The first-order valence-electron chi connectivity index (χ1n) is 7.30. The molecule has 2 rings (SSSR count). The molecule has 106 valence electrons. The van der Waals surface area contributed by atoms with Gasteiger partial charge in [-0.1, -0.05) is 17.7 Å². The summed E-state index contributed by atoms with van der Waals surface area (Å²) in [5, 5.41) is 3.38. The van der Waals surface area contributed by atoms with Gasteiger partial charge in [-0.05, 0) is 38.3 Å². The standard InChI is InChI=1S/C16H26N2O/c1-13-11-14(2)16(15(3)12-13)19-10-4-7-18-8-5-17-6-9-18/h11-12,17H,4-10H2,1-3H3. The van der Waals surface area contributed by atoms with Crippen LogP contribution >= 0.6 is 0 Å². The predicted molar refractivity (Wildman–Crippen MR) is 80.1 cm³/mol. The highest BCUT2D eigenvalue weighted by atomic mass is 16.5. The first-order valence-corrected chi connectivity index (χ1v) is 7.30. The zero-order valence-corrected chi connectivity index (χ0v) is 12.5. The van der Waals surface area contributed by atoms with Crippen LogP contribution in [0.5, 0.6) is 5.75 Å². The summed E-state index contributed by atoms with van der Waals surface area (Å²) in [4.78, 5) is 2.51. The molecule has 0 unspecified atom stereocenters. The molecule has 0 amide bonds. The molecule has 0 saturated carbocycles. The highest BCUT2D eigenvalue weighted by molar-refractivity contribution is 5.42. The first-order chi connectivity index (χ1) is 9.16. The molecule has 3 nitrogen and oxygen atoms in total. The predicted octanol–water partition coefficient (Wildman–Crippen LogP) is 2.29. The maximum Gasteiger partial charge on any atom is 0.125 e. The monoisotopic (exact) mass is 262 g/mol. The molecule has 3 heteroatoms. The zero-order valence-electron chi connectivity index (χ0n) is 12.5. The number of hydrogen-bond acceptors (Lipinski definition) is 3. The van der Waals surface area contributed by atoms with Gasteiger partial charge in [0.1, 0.15) is 5.75 Å². The molecule has 1 saturated heterocycles. The Hall–Kier alpha value is -1.06. The second-order valence-corrected chi connectivity index (χ2v) is 5.52. The summed E-state index contributed by atoms with van der Waals surface area (Å²) in [6.07, 6.45) is 1.10. The maximum atomic E-state index is 5.97. The molecule has 0 bridgehead atoms. The van der Waals surface area contributed by atoms with E-state index in [1.54, 1.807) is 0 Å². The van der Waals surface area contributed by atoms with Gasteiger partial charge in [0.05, 0.1) is 6.61 Å². The lowest BCUT2D eigenvalue weighted by Gasteiger charge is -2.27. The Labute approximate surface area is 116 Å². The van der Waals surface area contributed by atoms with E-state index in [1.807, 2.05) is 0 Å². The van der Waals surface area contributed by atoms with Gasteiger partial charge in [-0.25, -0.2) is 0 Å². The van der Waals surface area contributed by atoms with Crippen LogP contribution in [0.1, 0.15) is 23.1 Å². The summed E-state index contributed by atoms with van der Waals surface area (Å²) >= 11 is 0. The summed E-state index contributed by atoms with van der Waals surface area (Å²) in [6.45, 7) is 12.9. The number of aryl methyl sites for hydroxylation is 3. The highest BCUT2D eigenvalue weighted by Crippen LogP contribution is 2.24. The molecule has 1 N–H and O–H groups in total. The summed E-state index contributed by atoms with van der Waals surface area (Å²) in [5.74, 6) is 1.07. The molecule has 1 aromatic carbocycles. The number of benzene rings is 1. The van der Waals surface area contributed by atoms with Gasteiger partial charge in [-0.3, -0.25) is 0 Å². The molecular formula is C16H26N2O. The maximum absolute atomic E-state index is 5.97. The topological polar surface area (TPSA) is 24.5 Å². The van der Waals surface area contributed by atoms with E-state index in [4.69, 9.17) is 4.74 Å². The van der Waals surface area contributed by atoms with Crippen LogP contribution in [0.15, 0.2) is 12.1 Å². The van der Waals surface area contributed by atoms with Crippen LogP contribution in [0.4, 0.5) is 0 Å². The Kier molecular flexibility index (Phi) is 5.23. The second-order valence-electron chi connectivity index (χ2n) is 5.52. The molecule has 1 aliphatic heterocycles. The van der Waals surface area contributed by atoms with E-state index < -0.39 is 0 Å². The molecular weight excluding hydrogens is 236 g/mol. The van der Waals surface area contributed by atoms with E-state index in [0.29, 0.717) is 0 Å². The van der Waals surface area contributed by atoms with Gasteiger partial charge in [-0.15, -0.1) is 0 Å². The second kappa shape index (κ2) is 6.92. The number of ether oxygens (including phenoxy) is 1. The van der Waals surface area contributed by atoms with E-state index >= 15 is 0 Å². The lowest BCUT2D eigenvalue weighted by molar-refractivity contribution is 0.213. The largest absolute Gasteiger partial charge is 0.493 e. The SMILES string of the molecule is Cc1cc(C)c(OCCCN2CCNCC2)c(C)c1. The molecule has 1 aromatic rings. The quantitative estimate of drug-likeness (QED) is 0.824. The van der Waals surface area contributed by atoms with Crippen LogP contribution in [0.2, 0.25) is 0 Å². The Balaban J connectivity index is 1.76. The van der Waals surface area contributed by atoms with Crippen LogP contribution in [0.3, 0.4) is 0 Å². The fraction of sp³-hybridized carbons (Fsp3) is 0.625. The van der Waals surface area contributed by atoms with Gasteiger partial charge in [-0.2, -0.15) is 0 Å². The Bertz CT molecular complexity index is 388. The Morgan fingerprint density at radius 3 is 2.37 bits per heavy atom. The van der Waals surface area contributed by atoms with Crippen LogP contribution in [0, 0.1) is 20.8 Å². The van der Waals surface area contributed by atoms with E-state index in [0.717, 1.165) is 38.4 Å². The average Bonchev–Trinajstić information content (AvgIpc) is 2.38. The van der Waals surface area contributed by atoms with Crippen molar-refractivity contribution in [3.05, 3.63) is 28.8 Å². The molecule has 19 heavy (non-hydrogen) atoms. The minimum atomic E-state index is 0.814. The lowest BCUT2D eigenvalue weighted by Crippen LogP contribution is -2.43. The average molecular weight is 262 g/mol. The van der Waals surface area contributed by atoms with Gasteiger partial charge < -0.3 is 15.0 Å². The fourth-order valence-electron chi connectivity index (χ4n) is 2.79.